The first-order valence-corrected chi connectivity index (χ1v) is 15.8. The number of benzene rings is 3. The van der Waals surface area contributed by atoms with E-state index < -0.39 is 42.0 Å². The Morgan fingerprint density at radius 3 is 1.96 bits per heavy atom. The Kier molecular flexibility index (Phi) is 15.0. The molecule has 3 aromatic carbocycles. The van der Waals surface area contributed by atoms with E-state index in [4.69, 9.17) is 14.2 Å². The average molecular weight is 647 g/mol. The van der Waals surface area contributed by atoms with E-state index in [1.54, 1.807) is 31.2 Å². The molecule has 0 bridgehead atoms. The highest BCUT2D eigenvalue weighted by atomic mass is 19.4. The van der Waals surface area contributed by atoms with Crippen molar-refractivity contribution in [3.05, 3.63) is 83.7 Å². The lowest BCUT2D eigenvalue weighted by atomic mass is 10.0. The van der Waals surface area contributed by atoms with Crippen LogP contribution in [0.25, 0.3) is 11.1 Å². The van der Waals surface area contributed by atoms with Crippen LogP contribution in [0.2, 0.25) is 0 Å². The summed E-state index contributed by atoms with van der Waals surface area (Å²) in [5, 5.41) is 0. The number of hydrogen-bond acceptors (Lipinski definition) is 6. The summed E-state index contributed by atoms with van der Waals surface area (Å²) in [5.41, 5.74) is 1.28. The Labute approximate surface area is 268 Å². The van der Waals surface area contributed by atoms with Crippen LogP contribution in [0.4, 0.5) is 17.6 Å². The van der Waals surface area contributed by atoms with Gasteiger partial charge in [-0.3, -0.25) is 0 Å². The molecule has 250 valence electrons. The number of halogens is 4. The van der Waals surface area contributed by atoms with Gasteiger partial charge in [0, 0.05) is 19.3 Å². The summed E-state index contributed by atoms with van der Waals surface area (Å²) in [6.07, 6.45) is -0.0428. The molecule has 3 rings (SSSR count). The Hall–Kier alpha value is -3.92. The molecule has 0 radical (unpaired) electrons. The van der Waals surface area contributed by atoms with Crippen LogP contribution in [0, 0.1) is 5.82 Å². The molecule has 0 aliphatic carbocycles. The standard InChI is InChI=1S/C36H42F4O6/c1-3-5-6-7-8-10-24-44-29-19-17-27(18-20-29)26-13-15-28(16-14-26)34(41)45-30-21-22-31(32(37)25-30)35(42)46-33(36(38,39)40)12-9-11-23-43-4-2/h13-22,25,33H,3-12,23-24H2,1-2H3. The Bertz CT molecular complexity index is 1360. The molecule has 0 fully saturated rings. The second-order valence-electron chi connectivity index (χ2n) is 10.9. The average Bonchev–Trinajstić information content (AvgIpc) is 3.03. The first-order valence-electron chi connectivity index (χ1n) is 15.8. The molecule has 0 spiro atoms. The third kappa shape index (κ3) is 12.1. The van der Waals surface area contributed by atoms with Gasteiger partial charge >= 0.3 is 18.1 Å². The van der Waals surface area contributed by atoms with E-state index in [2.05, 4.69) is 11.7 Å². The fourth-order valence-corrected chi connectivity index (χ4v) is 4.67. The lowest BCUT2D eigenvalue weighted by Crippen LogP contribution is -2.34. The normalized spacial score (nSPS) is 12.0. The Morgan fingerprint density at radius 1 is 0.717 bits per heavy atom. The van der Waals surface area contributed by atoms with Gasteiger partial charge in [-0.05, 0) is 80.1 Å². The van der Waals surface area contributed by atoms with Crippen molar-refractivity contribution in [2.45, 2.75) is 83.9 Å². The minimum atomic E-state index is -4.81. The Balaban J connectivity index is 1.52. The van der Waals surface area contributed by atoms with Crippen LogP contribution < -0.4 is 9.47 Å². The molecule has 1 unspecified atom stereocenters. The van der Waals surface area contributed by atoms with Gasteiger partial charge in [0.2, 0.25) is 0 Å². The van der Waals surface area contributed by atoms with E-state index in [0.29, 0.717) is 19.6 Å². The number of carbonyl (C=O) groups excluding carboxylic acids is 2. The van der Waals surface area contributed by atoms with Gasteiger partial charge in [0.05, 0.1) is 17.7 Å². The number of unbranched alkanes of at least 4 members (excludes halogenated alkanes) is 6. The lowest BCUT2D eigenvalue weighted by molar-refractivity contribution is -0.206. The van der Waals surface area contributed by atoms with Gasteiger partial charge in [-0.2, -0.15) is 13.2 Å². The number of rotatable bonds is 19. The third-order valence-electron chi connectivity index (χ3n) is 7.27. The molecule has 0 N–H and O–H groups in total. The van der Waals surface area contributed by atoms with Crippen molar-refractivity contribution in [1.82, 2.24) is 0 Å². The molecule has 6 nitrogen and oxygen atoms in total. The molecule has 1 atom stereocenters. The lowest BCUT2D eigenvalue weighted by Gasteiger charge is -2.21. The molecule has 0 saturated carbocycles. The summed E-state index contributed by atoms with van der Waals surface area (Å²) in [6.45, 7) is 5.37. The number of hydrogen-bond donors (Lipinski definition) is 0. The highest BCUT2D eigenvalue weighted by molar-refractivity contribution is 5.92. The van der Waals surface area contributed by atoms with E-state index >= 15 is 0 Å². The fourth-order valence-electron chi connectivity index (χ4n) is 4.67. The molecule has 0 aliphatic rings. The monoisotopic (exact) mass is 646 g/mol. The quantitative estimate of drug-likeness (QED) is 0.0559. The molecule has 10 heteroatoms. The SMILES string of the molecule is CCCCCCCCOc1ccc(-c2ccc(C(=O)Oc3ccc(C(=O)OC(CCCCOCC)C(F)(F)F)c(F)c3)cc2)cc1. The van der Waals surface area contributed by atoms with Crippen molar-refractivity contribution in [3.63, 3.8) is 0 Å². The first-order chi connectivity index (χ1) is 22.1. The summed E-state index contributed by atoms with van der Waals surface area (Å²) in [4.78, 5) is 25.0. The predicted octanol–water partition coefficient (Wildman–Crippen LogP) is 9.75. The van der Waals surface area contributed by atoms with Crippen LogP contribution in [0.5, 0.6) is 11.5 Å². The molecule has 0 amide bonds. The predicted molar refractivity (Wildman–Crippen MR) is 168 cm³/mol. The zero-order valence-corrected chi connectivity index (χ0v) is 26.4. The van der Waals surface area contributed by atoms with Gasteiger partial charge in [-0.1, -0.05) is 63.3 Å². The van der Waals surface area contributed by atoms with E-state index in [1.165, 1.54) is 25.7 Å². The maximum absolute atomic E-state index is 14.7. The second kappa shape index (κ2) is 18.9. The zero-order chi connectivity index (χ0) is 33.4. The van der Waals surface area contributed by atoms with Gasteiger partial charge in [0.15, 0.2) is 6.10 Å². The van der Waals surface area contributed by atoms with Gasteiger partial charge in [-0.25, -0.2) is 14.0 Å². The molecule has 0 aliphatic heterocycles. The van der Waals surface area contributed by atoms with E-state index in [0.717, 1.165) is 47.9 Å². The van der Waals surface area contributed by atoms with Crippen LogP contribution in [0.1, 0.15) is 92.4 Å². The van der Waals surface area contributed by atoms with Crippen LogP contribution >= 0.6 is 0 Å². The highest BCUT2D eigenvalue weighted by Gasteiger charge is 2.42. The summed E-state index contributed by atoms with van der Waals surface area (Å²) in [5.74, 6) is -2.85. The fraction of sp³-hybridized carbons (Fsp3) is 0.444. The van der Waals surface area contributed by atoms with Gasteiger partial charge < -0.3 is 18.9 Å². The summed E-state index contributed by atoms with van der Waals surface area (Å²) in [6, 6.07) is 17.1. The molecule has 0 saturated heterocycles. The number of ether oxygens (including phenoxy) is 4. The number of alkyl halides is 3. The second-order valence-corrected chi connectivity index (χ2v) is 10.9. The minimum Gasteiger partial charge on any atom is -0.494 e. The number of esters is 2. The van der Waals surface area contributed by atoms with E-state index in [-0.39, 0.29) is 24.3 Å². The molecule has 0 heterocycles. The van der Waals surface area contributed by atoms with Crippen molar-refractivity contribution < 1.29 is 46.1 Å². The third-order valence-corrected chi connectivity index (χ3v) is 7.27. The molecular weight excluding hydrogens is 604 g/mol. The Morgan fingerprint density at radius 2 is 1.33 bits per heavy atom. The van der Waals surface area contributed by atoms with Crippen LogP contribution in [0.15, 0.2) is 66.7 Å². The van der Waals surface area contributed by atoms with Crippen molar-refractivity contribution >= 4 is 11.9 Å². The van der Waals surface area contributed by atoms with Crippen molar-refractivity contribution in [2.75, 3.05) is 19.8 Å². The molecule has 3 aromatic rings. The van der Waals surface area contributed by atoms with Crippen LogP contribution in [0.3, 0.4) is 0 Å². The molecular formula is C36H42F4O6. The topological polar surface area (TPSA) is 71.1 Å². The maximum Gasteiger partial charge on any atom is 0.425 e. The van der Waals surface area contributed by atoms with Crippen LogP contribution in [-0.2, 0) is 9.47 Å². The first kappa shape index (κ1) is 36.5. The van der Waals surface area contributed by atoms with Crippen molar-refractivity contribution in [2.24, 2.45) is 0 Å². The van der Waals surface area contributed by atoms with Gasteiger partial charge in [-0.15, -0.1) is 0 Å². The molecule has 0 aromatic heterocycles. The van der Waals surface area contributed by atoms with Gasteiger partial charge in [0.1, 0.15) is 17.3 Å². The van der Waals surface area contributed by atoms with E-state index in [9.17, 15) is 27.2 Å². The number of carbonyl (C=O) groups is 2. The molecule has 46 heavy (non-hydrogen) atoms. The summed E-state index contributed by atoms with van der Waals surface area (Å²) >= 11 is 0. The zero-order valence-electron chi connectivity index (χ0n) is 26.4. The smallest absolute Gasteiger partial charge is 0.425 e. The van der Waals surface area contributed by atoms with Gasteiger partial charge in [0.25, 0.3) is 0 Å². The summed E-state index contributed by atoms with van der Waals surface area (Å²) < 4.78 is 75.7. The van der Waals surface area contributed by atoms with Crippen LogP contribution in [-0.4, -0.2) is 44.0 Å². The van der Waals surface area contributed by atoms with Crippen molar-refractivity contribution in [3.8, 4) is 22.6 Å². The summed E-state index contributed by atoms with van der Waals surface area (Å²) in [7, 11) is 0. The largest absolute Gasteiger partial charge is 0.494 e. The van der Waals surface area contributed by atoms with Crippen molar-refractivity contribution in [1.29, 1.82) is 0 Å². The van der Waals surface area contributed by atoms with E-state index in [1.807, 2.05) is 24.3 Å². The maximum atomic E-state index is 14.7. The highest BCUT2D eigenvalue weighted by Crippen LogP contribution is 2.29. The minimum absolute atomic E-state index is 0.108.